The molecule has 17 heavy (non-hydrogen) atoms. The van der Waals surface area contributed by atoms with Crippen molar-refractivity contribution in [3.8, 4) is 0 Å². The zero-order valence-electron chi connectivity index (χ0n) is 8.88. The van der Waals surface area contributed by atoms with E-state index in [-0.39, 0.29) is 5.82 Å². The van der Waals surface area contributed by atoms with Crippen molar-refractivity contribution in [2.75, 3.05) is 5.32 Å². The summed E-state index contributed by atoms with van der Waals surface area (Å²) in [5.74, 6) is -0.230. The molecule has 0 aliphatic heterocycles. The first-order chi connectivity index (χ1) is 8.16. The molecule has 0 aliphatic rings. The van der Waals surface area contributed by atoms with Gasteiger partial charge in [0.1, 0.15) is 5.82 Å². The van der Waals surface area contributed by atoms with Gasteiger partial charge in [-0.2, -0.15) is 0 Å². The summed E-state index contributed by atoms with van der Waals surface area (Å²) in [6.45, 7) is 0.615. The Hall–Kier alpha value is -0.620. The maximum absolute atomic E-state index is 13.3. The number of para-hydroxylation sites is 1. The molecule has 2 aromatic rings. The second-order valence-corrected chi connectivity index (χ2v) is 5.60. The van der Waals surface area contributed by atoms with Gasteiger partial charge in [0.15, 0.2) is 0 Å². The number of nitrogens with one attached hydrogen (secondary N) is 1. The van der Waals surface area contributed by atoms with Crippen LogP contribution in [0.15, 0.2) is 46.9 Å². The molecule has 2 rings (SSSR count). The fourth-order valence-electron chi connectivity index (χ4n) is 1.45. The summed E-state index contributed by atoms with van der Waals surface area (Å²) in [4.78, 5) is 0. The Kier molecular flexibility index (Phi) is 4.39. The molecule has 2 aromatic carbocycles. The van der Waals surface area contributed by atoms with E-state index in [0.717, 1.165) is 14.8 Å². The lowest BCUT2D eigenvalue weighted by atomic mass is 10.2. The average molecular weight is 406 g/mol. The normalized spacial score (nSPS) is 10.3. The lowest BCUT2D eigenvalue weighted by Crippen LogP contribution is -2.01. The zero-order chi connectivity index (χ0) is 12.3. The van der Waals surface area contributed by atoms with Crippen molar-refractivity contribution >= 4 is 44.2 Å². The van der Waals surface area contributed by atoms with E-state index in [1.807, 2.05) is 30.3 Å². The first-order valence-electron chi connectivity index (χ1n) is 5.09. The van der Waals surface area contributed by atoms with Crippen molar-refractivity contribution in [2.24, 2.45) is 0 Å². The molecule has 0 radical (unpaired) electrons. The third kappa shape index (κ3) is 3.42. The second kappa shape index (κ2) is 5.82. The Morgan fingerprint density at radius 2 is 1.94 bits per heavy atom. The summed E-state index contributed by atoms with van der Waals surface area (Å²) < 4.78 is 15.0. The first-order valence-corrected chi connectivity index (χ1v) is 6.96. The number of halogens is 3. The fraction of sp³-hybridized carbons (Fsp3) is 0.0769. The van der Waals surface area contributed by atoms with Gasteiger partial charge in [0, 0.05) is 15.8 Å². The van der Waals surface area contributed by atoms with E-state index < -0.39 is 0 Å². The van der Waals surface area contributed by atoms with Gasteiger partial charge in [-0.05, 0) is 68.3 Å². The Morgan fingerprint density at radius 1 is 1.18 bits per heavy atom. The minimum Gasteiger partial charge on any atom is -0.380 e. The van der Waals surface area contributed by atoms with Crippen LogP contribution in [0.3, 0.4) is 0 Å². The van der Waals surface area contributed by atoms with Crippen LogP contribution in [-0.4, -0.2) is 0 Å². The topological polar surface area (TPSA) is 12.0 Å². The van der Waals surface area contributed by atoms with Gasteiger partial charge in [-0.1, -0.05) is 18.2 Å². The summed E-state index contributed by atoms with van der Waals surface area (Å²) in [6.07, 6.45) is 0. The molecule has 88 valence electrons. The van der Waals surface area contributed by atoms with Gasteiger partial charge < -0.3 is 5.32 Å². The quantitative estimate of drug-likeness (QED) is 0.723. The smallest absolute Gasteiger partial charge is 0.137 e. The predicted octanol–water partition coefficient (Wildman–Crippen LogP) is 4.80. The summed E-state index contributed by atoms with van der Waals surface area (Å²) in [5, 5.41) is 3.29. The Bertz CT molecular complexity index is 531. The molecule has 1 N–H and O–H groups in total. The summed E-state index contributed by atoms with van der Waals surface area (Å²) in [6, 6.07) is 13.2. The van der Waals surface area contributed by atoms with E-state index in [1.165, 1.54) is 6.07 Å². The van der Waals surface area contributed by atoms with Crippen molar-refractivity contribution < 1.29 is 4.39 Å². The third-order valence-electron chi connectivity index (χ3n) is 2.34. The van der Waals surface area contributed by atoms with Gasteiger partial charge in [-0.3, -0.25) is 0 Å². The molecular formula is C13H10BrFIN. The van der Waals surface area contributed by atoms with Crippen molar-refractivity contribution in [1.29, 1.82) is 0 Å². The molecule has 0 aromatic heterocycles. The van der Waals surface area contributed by atoms with E-state index in [0.29, 0.717) is 11.0 Å². The number of hydrogen-bond donors (Lipinski definition) is 1. The Labute approximate surface area is 122 Å². The Balaban J connectivity index is 2.08. The van der Waals surface area contributed by atoms with Crippen LogP contribution in [0.25, 0.3) is 0 Å². The third-order valence-corrected chi connectivity index (χ3v) is 3.92. The maximum Gasteiger partial charge on any atom is 0.137 e. The molecular weight excluding hydrogens is 396 g/mol. The maximum atomic E-state index is 13.3. The van der Waals surface area contributed by atoms with E-state index in [9.17, 15) is 4.39 Å². The van der Waals surface area contributed by atoms with Crippen LogP contribution in [0.5, 0.6) is 0 Å². The van der Waals surface area contributed by atoms with E-state index in [1.54, 1.807) is 6.07 Å². The molecule has 0 saturated heterocycles. The monoisotopic (exact) mass is 405 g/mol. The predicted molar refractivity (Wildman–Crippen MR) is 80.6 cm³/mol. The van der Waals surface area contributed by atoms with Gasteiger partial charge in [0.05, 0.1) is 4.47 Å². The zero-order valence-corrected chi connectivity index (χ0v) is 12.6. The molecule has 0 heterocycles. The molecule has 0 fully saturated rings. The number of rotatable bonds is 3. The average Bonchev–Trinajstić information content (AvgIpc) is 2.32. The lowest BCUT2D eigenvalue weighted by molar-refractivity contribution is 0.619. The molecule has 0 amide bonds. The molecule has 0 atom stereocenters. The molecule has 0 saturated carbocycles. The standard InChI is InChI=1S/C13H10BrFIN/c14-10-6-5-9(7-11(10)15)8-17-13-4-2-1-3-12(13)16/h1-7,17H,8H2. The highest BCUT2D eigenvalue weighted by Gasteiger charge is 2.01. The van der Waals surface area contributed by atoms with Crippen LogP contribution < -0.4 is 5.32 Å². The van der Waals surface area contributed by atoms with Crippen LogP contribution in [0.2, 0.25) is 0 Å². The minimum absolute atomic E-state index is 0.230. The highest BCUT2D eigenvalue weighted by atomic mass is 127. The number of hydrogen-bond acceptors (Lipinski definition) is 1. The highest BCUT2D eigenvalue weighted by molar-refractivity contribution is 14.1. The van der Waals surface area contributed by atoms with Gasteiger partial charge in [0.25, 0.3) is 0 Å². The number of benzene rings is 2. The van der Waals surface area contributed by atoms with Crippen LogP contribution in [0.4, 0.5) is 10.1 Å². The highest BCUT2D eigenvalue weighted by Crippen LogP contribution is 2.20. The molecule has 4 heteroatoms. The van der Waals surface area contributed by atoms with Gasteiger partial charge >= 0.3 is 0 Å². The molecule has 0 aliphatic carbocycles. The fourth-order valence-corrected chi connectivity index (χ4v) is 2.28. The van der Waals surface area contributed by atoms with Gasteiger partial charge in [-0.15, -0.1) is 0 Å². The molecule has 0 bridgehead atoms. The summed E-state index contributed by atoms with van der Waals surface area (Å²) >= 11 is 5.41. The lowest BCUT2D eigenvalue weighted by Gasteiger charge is -2.08. The Morgan fingerprint density at radius 3 is 2.65 bits per heavy atom. The second-order valence-electron chi connectivity index (χ2n) is 3.58. The molecule has 0 spiro atoms. The van der Waals surface area contributed by atoms with Crippen molar-refractivity contribution in [1.82, 2.24) is 0 Å². The van der Waals surface area contributed by atoms with E-state index in [2.05, 4.69) is 43.8 Å². The van der Waals surface area contributed by atoms with Crippen molar-refractivity contribution in [2.45, 2.75) is 6.54 Å². The summed E-state index contributed by atoms with van der Waals surface area (Å²) in [5.41, 5.74) is 1.99. The van der Waals surface area contributed by atoms with Crippen LogP contribution in [0, 0.1) is 9.39 Å². The van der Waals surface area contributed by atoms with Gasteiger partial charge in [-0.25, -0.2) is 4.39 Å². The largest absolute Gasteiger partial charge is 0.380 e. The molecule has 1 nitrogen and oxygen atoms in total. The first kappa shape index (κ1) is 12.8. The van der Waals surface area contributed by atoms with E-state index >= 15 is 0 Å². The number of anilines is 1. The van der Waals surface area contributed by atoms with E-state index in [4.69, 9.17) is 0 Å². The SMILES string of the molecule is Fc1cc(CNc2ccccc2I)ccc1Br. The minimum atomic E-state index is -0.230. The summed E-state index contributed by atoms with van der Waals surface area (Å²) in [7, 11) is 0. The van der Waals surface area contributed by atoms with Crippen molar-refractivity contribution in [3.63, 3.8) is 0 Å². The van der Waals surface area contributed by atoms with Crippen LogP contribution >= 0.6 is 38.5 Å². The van der Waals surface area contributed by atoms with Crippen LogP contribution in [-0.2, 0) is 6.54 Å². The van der Waals surface area contributed by atoms with Crippen molar-refractivity contribution in [3.05, 3.63) is 61.9 Å². The van der Waals surface area contributed by atoms with Crippen LogP contribution in [0.1, 0.15) is 5.56 Å². The van der Waals surface area contributed by atoms with Gasteiger partial charge in [0.2, 0.25) is 0 Å². The molecule has 0 unspecified atom stereocenters.